The molecule has 3 nitrogen and oxygen atoms in total. The van der Waals surface area contributed by atoms with Crippen molar-refractivity contribution in [1.29, 1.82) is 0 Å². The van der Waals surface area contributed by atoms with Crippen LogP contribution in [0.2, 0.25) is 0 Å². The van der Waals surface area contributed by atoms with Gasteiger partial charge in [-0.25, -0.2) is 0 Å². The molecular weight excluding hydrogens is 280 g/mol. The lowest BCUT2D eigenvalue weighted by molar-refractivity contribution is -0.134. The number of likely N-dealkylation sites (tertiary alicyclic amines) is 1. The Balaban J connectivity index is 1.93. The lowest BCUT2D eigenvalue weighted by atomic mass is 9.71. The zero-order chi connectivity index (χ0) is 15.1. The number of amides is 1. The average Bonchev–Trinajstić information content (AvgIpc) is 2.74. The van der Waals surface area contributed by atoms with E-state index < -0.39 is 0 Å². The van der Waals surface area contributed by atoms with Crippen LogP contribution in [0.15, 0.2) is 0 Å². The summed E-state index contributed by atoms with van der Waals surface area (Å²) in [7, 11) is 0. The normalized spacial score (nSPS) is 26.4. The molecule has 0 spiro atoms. The minimum Gasteiger partial charge on any atom is -0.342 e. The van der Waals surface area contributed by atoms with Gasteiger partial charge in [0, 0.05) is 24.8 Å². The first kappa shape index (κ1) is 17.1. The second-order valence-corrected chi connectivity index (χ2v) is 8.43. The number of hydrogen-bond donors (Lipinski definition) is 1. The van der Waals surface area contributed by atoms with Crippen molar-refractivity contribution in [2.45, 2.75) is 70.0 Å². The van der Waals surface area contributed by atoms with Crippen LogP contribution in [0.5, 0.6) is 0 Å². The minimum absolute atomic E-state index is 0.106. The summed E-state index contributed by atoms with van der Waals surface area (Å²) < 4.78 is 0. The molecule has 4 heteroatoms. The van der Waals surface area contributed by atoms with E-state index in [0.717, 1.165) is 31.7 Å². The van der Waals surface area contributed by atoms with Crippen LogP contribution in [0.4, 0.5) is 0 Å². The van der Waals surface area contributed by atoms with Gasteiger partial charge in [-0.05, 0) is 43.4 Å². The molecule has 1 unspecified atom stereocenters. The maximum absolute atomic E-state index is 12.8. The molecule has 1 saturated heterocycles. The molecule has 1 heterocycles. The smallest absolute Gasteiger partial charge is 0.223 e. The second kappa shape index (κ2) is 8.42. The number of carbonyl (C=O) groups excluding carboxylic acids is 1. The number of rotatable bonds is 5. The van der Waals surface area contributed by atoms with Gasteiger partial charge in [-0.3, -0.25) is 4.79 Å². The Labute approximate surface area is 134 Å². The Morgan fingerprint density at radius 2 is 2.00 bits per heavy atom. The SMILES string of the molecule is CCSC1CCCCN(C(=O)CC2(CN)CCCCC2)C1. The second-order valence-electron chi connectivity index (χ2n) is 6.85. The van der Waals surface area contributed by atoms with Crippen molar-refractivity contribution in [3.8, 4) is 0 Å². The van der Waals surface area contributed by atoms with Crippen molar-refractivity contribution in [1.82, 2.24) is 4.90 Å². The lowest BCUT2D eigenvalue weighted by Gasteiger charge is -2.37. The van der Waals surface area contributed by atoms with Crippen LogP contribution in [-0.2, 0) is 4.79 Å². The summed E-state index contributed by atoms with van der Waals surface area (Å²) in [6, 6.07) is 0. The topological polar surface area (TPSA) is 46.3 Å². The Kier molecular flexibility index (Phi) is 6.87. The van der Waals surface area contributed by atoms with Gasteiger partial charge in [0.2, 0.25) is 5.91 Å². The van der Waals surface area contributed by atoms with E-state index in [0.29, 0.717) is 24.1 Å². The summed E-state index contributed by atoms with van der Waals surface area (Å²) in [5, 5.41) is 0.640. The van der Waals surface area contributed by atoms with Crippen molar-refractivity contribution in [2.24, 2.45) is 11.1 Å². The number of nitrogens with two attached hydrogens (primary N) is 1. The molecule has 1 saturated carbocycles. The molecule has 2 fully saturated rings. The van der Waals surface area contributed by atoms with Gasteiger partial charge >= 0.3 is 0 Å². The standard InChI is InChI=1S/C17H32N2OS/c1-2-21-15-8-4-7-11-19(13-15)16(20)12-17(14-18)9-5-3-6-10-17/h15H,2-14,18H2,1H3. The number of hydrogen-bond acceptors (Lipinski definition) is 3. The molecule has 2 rings (SSSR count). The third-order valence-corrected chi connectivity index (χ3v) is 6.45. The molecule has 0 aromatic rings. The molecule has 1 atom stereocenters. The molecule has 2 N–H and O–H groups in total. The monoisotopic (exact) mass is 312 g/mol. The zero-order valence-corrected chi connectivity index (χ0v) is 14.4. The van der Waals surface area contributed by atoms with Crippen LogP contribution in [-0.4, -0.2) is 41.4 Å². The first-order chi connectivity index (χ1) is 10.2. The third-order valence-electron chi connectivity index (χ3n) is 5.26. The largest absolute Gasteiger partial charge is 0.342 e. The van der Waals surface area contributed by atoms with Gasteiger partial charge in [0.15, 0.2) is 0 Å². The van der Waals surface area contributed by atoms with Crippen LogP contribution in [0.1, 0.15) is 64.7 Å². The summed E-state index contributed by atoms with van der Waals surface area (Å²) in [6.45, 7) is 4.81. The highest BCUT2D eigenvalue weighted by Crippen LogP contribution is 2.39. The zero-order valence-electron chi connectivity index (χ0n) is 13.6. The van der Waals surface area contributed by atoms with E-state index in [9.17, 15) is 4.79 Å². The molecule has 1 amide bonds. The number of nitrogens with zero attached hydrogens (tertiary/aromatic N) is 1. The summed E-state index contributed by atoms with van der Waals surface area (Å²) in [4.78, 5) is 14.9. The Morgan fingerprint density at radius 3 is 2.67 bits per heavy atom. The summed E-state index contributed by atoms with van der Waals surface area (Å²) in [5.41, 5.74) is 6.15. The van der Waals surface area contributed by atoms with Crippen LogP contribution in [0.3, 0.4) is 0 Å². The highest BCUT2D eigenvalue weighted by Gasteiger charge is 2.35. The molecule has 122 valence electrons. The van der Waals surface area contributed by atoms with Gasteiger partial charge in [-0.1, -0.05) is 32.6 Å². The van der Waals surface area contributed by atoms with Crippen LogP contribution in [0.25, 0.3) is 0 Å². The first-order valence-corrected chi connectivity index (χ1v) is 9.83. The van der Waals surface area contributed by atoms with Gasteiger partial charge in [-0.15, -0.1) is 0 Å². The van der Waals surface area contributed by atoms with E-state index in [1.54, 1.807) is 0 Å². The number of carbonyl (C=O) groups is 1. The van der Waals surface area contributed by atoms with E-state index in [-0.39, 0.29) is 5.41 Å². The third kappa shape index (κ3) is 4.88. The van der Waals surface area contributed by atoms with Gasteiger partial charge in [-0.2, -0.15) is 11.8 Å². The fraction of sp³-hybridized carbons (Fsp3) is 0.941. The molecule has 0 radical (unpaired) electrons. The van der Waals surface area contributed by atoms with Gasteiger partial charge in [0.1, 0.15) is 0 Å². The quantitative estimate of drug-likeness (QED) is 0.846. The van der Waals surface area contributed by atoms with E-state index >= 15 is 0 Å². The molecule has 2 aliphatic rings. The van der Waals surface area contributed by atoms with Crippen LogP contribution in [0, 0.1) is 5.41 Å². The van der Waals surface area contributed by atoms with Crippen molar-refractivity contribution in [2.75, 3.05) is 25.4 Å². The van der Waals surface area contributed by atoms with Gasteiger partial charge < -0.3 is 10.6 Å². The summed E-state index contributed by atoms with van der Waals surface area (Å²) in [5.74, 6) is 1.52. The molecule has 1 aliphatic heterocycles. The lowest BCUT2D eigenvalue weighted by Crippen LogP contribution is -2.42. The highest BCUT2D eigenvalue weighted by molar-refractivity contribution is 7.99. The van der Waals surface area contributed by atoms with Crippen molar-refractivity contribution < 1.29 is 4.79 Å². The van der Waals surface area contributed by atoms with Crippen LogP contribution < -0.4 is 5.73 Å². The molecular formula is C17H32N2OS. The van der Waals surface area contributed by atoms with Crippen molar-refractivity contribution >= 4 is 17.7 Å². The summed E-state index contributed by atoms with van der Waals surface area (Å²) >= 11 is 2.02. The molecule has 21 heavy (non-hydrogen) atoms. The Hall–Kier alpha value is -0.220. The van der Waals surface area contributed by atoms with E-state index in [1.807, 2.05) is 11.8 Å². The van der Waals surface area contributed by atoms with E-state index in [2.05, 4.69) is 11.8 Å². The maximum atomic E-state index is 12.8. The minimum atomic E-state index is 0.106. The number of thioether (sulfide) groups is 1. The Morgan fingerprint density at radius 1 is 1.24 bits per heavy atom. The predicted molar refractivity (Wildman–Crippen MR) is 91.5 cm³/mol. The summed E-state index contributed by atoms with van der Waals surface area (Å²) in [6.07, 6.45) is 10.5. The first-order valence-electron chi connectivity index (χ1n) is 8.78. The molecule has 0 aromatic carbocycles. The predicted octanol–water partition coefficient (Wildman–Crippen LogP) is 3.42. The van der Waals surface area contributed by atoms with Crippen molar-refractivity contribution in [3.05, 3.63) is 0 Å². The Bertz CT molecular complexity index is 329. The highest BCUT2D eigenvalue weighted by atomic mass is 32.2. The maximum Gasteiger partial charge on any atom is 0.223 e. The molecule has 0 aromatic heterocycles. The van der Waals surface area contributed by atoms with Gasteiger partial charge in [0.25, 0.3) is 0 Å². The molecule has 0 bridgehead atoms. The average molecular weight is 313 g/mol. The van der Waals surface area contributed by atoms with Gasteiger partial charge in [0.05, 0.1) is 0 Å². The van der Waals surface area contributed by atoms with Crippen molar-refractivity contribution in [3.63, 3.8) is 0 Å². The van der Waals surface area contributed by atoms with E-state index in [4.69, 9.17) is 5.73 Å². The van der Waals surface area contributed by atoms with Crippen LogP contribution >= 0.6 is 11.8 Å². The molecule has 1 aliphatic carbocycles. The van der Waals surface area contributed by atoms with E-state index in [1.165, 1.54) is 38.5 Å². The fourth-order valence-electron chi connectivity index (χ4n) is 3.89. The fourth-order valence-corrected chi connectivity index (χ4v) is 4.98.